The summed E-state index contributed by atoms with van der Waals surface area (Å²) in [6.45, 7) is 6.33. The number of hydrogen-bond acceptors (Lipinski definition) is 3. The maximum atomic E-state index is 11.7. The van der Waals surface area contributed by atoms with Crippen molar-refractivity contribution in [3.05, 3.63) is 35.4 Å². The highest BCUT2D eigenvalue weighted by Crippen LogP contribution is 2.26. The summed E-state index contributed by atoms with van der Waals surface area (Å²) in [6, 6.07) is 8.88. The van der Waals surface area contributed by atoms with Gasteiger partial charge in [0, 0.05) is 11.6 Å². The van der Waals surface area contributed by atoms with Crippen molar-refractivity contribution in [3.63, 3.8) is 0 Å². The third-order valence-corrected chi connectivity index (χ3v) is 6.27. The third-order valence-electron chi connectivity index (χ3n) is 4.37. The number of unbranched alkanes of at least 4 members (excludes halogenated alkanes) is 1. The van der Waals surface area contributed by atoms with Gasteiger partial charge in [0.25, 0.3) is 0 Å². The maximum absolute atomic E-state index is 11.7. The van der Waals surface area contributed by atoms with Crippen LogP contribution in [0.1, 0.15) is 57.2 Å². The van der Waals surface area contributed by atoms with E-state index in [9.17, 15) is 8.42 Å². The molecule has 0 aromatic heterocycles. The average Bonchev–Trinajstić information content (AvgIpc) is 2.70. The molecule has 1 aliphatic rings. The Bertz CT molecular complexity index is 565. The quantitative estimate of drug-likeness (QED) is 0.877. The van der Waals surface area contributed by atoms with Crippen molar-refractivity contribution < 1.29 is 8.42 Å². The Balaban J connectivity index is 1.98. The molecule has 4 heteroatoms. The minimum atomic E-state index is -2.86. The van der Waals surface area contributed by atoms with E-state index in [1.165, 1.54) is 24.0 Å². The Kier molecular flexibility index (Phi) is 5.10. The lowest BCUT2D eigenvalue weighted by atomic mass is 9.97. The molecule has 1 aromatic rings. The molecule has 21 heavy (non-hydrogen) atoms. The number of hydrogen-bond donors (Lipinski definition) is 1. The molecule has 118 valence electrons. The van der Waals surface area contributed by atoms with Crippen molar-refractivity contribution in [1.82, 2.24) is 5.32 Å². The first-order valence-electron chi connectivity index (χ1n) is 7.90. The molecule has 1 aromatic carbocycles. The van der Waals surface area contributed by atoms with Gasteiger partial charge in [-0.05, 0) is 44.2 Å². The van der Waals surface area contributed by atoms with Gasteiger partial charge in [-0.25, -0.2) is 8.42 Å². The third kappa shape index (κ3) is 4.55. The molecule has 3 nitrogen and oxygen atoms in total. The topological polar surface area (TPSA) is 46.2 Å². The normalized spacial score (nSPS) is 25.9. The minimum absolute atomic E-state index is 0.170. The van der Waals surface area contributed by atoms with Gasteiger partial charge < -0.3 is 5.32 Å². The Morgan fingerprint density at radius 1 is 1.29 bits per heavy atom. The molecule has 0 amide bonds. The highest BCUT2D eigenvalue weighted by molar-refractivity contribution is 7.91. The van der Waals surface area contributed by atoms with Crippen LogP contribution in [-0.2, 0) is 16.3 Å². The van der Waals surface area contributed by atoms with Gasteiger partial charge in [0.2, 0.25) is 0 Å². The van der Waals surface area contributed by atoms with Crippen molar-refractivity contribution in [1.29, 1.82) is 0 Å². The Labute approximate surface area is 129 Å². The monoisotopic (exact) mass is 309 g/mol. The van der Waals surface area contributed by atoms with Gasteiger partial charge in [-0.2, -0.15) is 0 Å². The van der Waals surface area contributed by atoms with Gasteiger partial charge >= 0.3 is 0 Å². The molecule has 0 saturated carbocycles. The van der Waals surface area contributed by atoms with Crippen molar-refractivity contribution in [2.75, 3.05) is 11.5 Å². The molecule has 1 saturated heterocycles. The zero-order valence-corrected chi connectivity index (χ0v) is 14.2. The summed E-state index contributed by atoms with van der Waals surface area (Å²) in [7, 11) is -2.86. The standard InChI is InChI=1S/C17H27NO2S/c1-4-5-6-15-7-9-16(10-8-15)14(2)18-17(3)11-12-21(19,20)13-17/h7-10,14,18H,4-6,11-13H2,1-3H3. The van der Waals surface area contributed by atoms with E-state index in [2.05, 4.69) is 43.4 Å². The van der Waals surface area contributed by atoms with Crippen LogP contribution < -0.4 is 5.32 Å². The highest BCUT2D eigenvalue weighted by atomic mass is 32.2. The predicted octanol–water partition coefficient (Wildman–Crippen LogP) is 3.26. The molecule has 1 N–H and O–H groups in total. The average molecular weight is 309 g/mol. The van der Waals surface area contributed by atoms with Crippen LogP contribution in [0.4, 0.5) is 0 Å². The predicted molar refractivity (Wildman–Crippen MR) is 88.3 cm³/mol. The molecule has 0 radical (unpaired) electrons. The lowest BCUT2D eigenvalue weighted by Crippen LogP contribution is -2.44. The molecular weight excluding hydrogens is 282 g/mol. The fraction of sp³-hybridized carbons (Fsp3) is 0.647. The Morgan fingerprint density at radius 2 is 1.95 bits per heavy atom. The molecule has 0 aliphatic carbocycles. The van der Waals surface area contributed by atoms with Crippen LogP contribution in [0, 0.1) is 0 Å². The summed E-state index contributed by atoms with van der Waals surface area (Å²) in [5, 5.41) is 3.51. The first kappa shape index (κ1) is 16.5. The summed E-state index contributed by atoms with van der Waals surface area (Å²) in [6.07, 6.45) is 4.28. The van der Waals surface area contributed by atoms with Crippen LogP contribution >= 0.6 is 0 Å². The molecule has 0 bridgehead atoms. The SMILES string of the molecule is CCCCc1ccc(C(C)NC2(C)CCS(=O)(=O)C2)cc1. The summed E-state index contributed by atoms with van der Waals surface area (Å²) < 4.78 is 23.3. The number of sulfone groups is 1. The molecule has 1 fully saturated rings. The lowest BCUT2D eigenvalue weighted by molar-refractivity contribution is 0.355. The molecular formula is C17H27NO2S. The molecule has 1 heterocycles. The smallest absolute Gasteiger partial charge is 0.152 e. The van der Waals surface area contributed by atoms with Crippen molar-refractivity contribution >= 4 is 9.84 Å². The second-order valence-corrected chi connectivity index (χ2v) is 8.80. The zero-order chi connectivity index (χ0) is 15.5. The van der Waals surface area contributed by atoms with E-state index in [0.717, 1.165) is 6.42 Å². The molecule has 2 unspecified atom stereocenters. The van der Waals surface area contributed by atoms with Gasteiger partial charge in [-0.1, -0.05) is 37.6 Å². The first-order valence-corrected chi connectivity index (χ1v) is 9.73. The number of aryl methyl sites for hydroxylation is 1. The lowest BCUT2D eigenvalue weighted by Gasteiger charge is -2.29. The van der Waals surface area contributed by atoms with E-state index in [0.29, 0.717) is 12.2 Å². The van der Waals surface area contributed by atoms with Crippen LogP contribution in [0.2, 0.25) is 0 Å². The number of rotatable bonds is 6. The fourth-order valence-electron chi connectivity index (χ4n) is 3.08. The van der Waals surface area contributed by atoms with Gasteiger partial charge in [-0.3, -0.25) is 0 Å². The van der Waals surface area contributed by atoms with E-state index < -0.39 is 9.84 Å². The summed E-state index contributed by atoms with van der Waals surface area (Å²) in [5.74, 6) is 0.554. The second-order valence-electron chi connectivity index (χ2n) is 6.61. The maximum Gasteiger partial charge on any atom is 0.152 e. The van der Waals surface area contributed by atoms with Crippen LogP contribution in [0.3, 0.4) is 0 Å². The number of nitrogens with one attached hydrogen (secondary N) is 1. The van der Waals surface area contributed by atoms with E-state index >= 15 is 0 Å². The molecule has 0 spiro atoms. The highest BCUT2D eigenvalue weighted by Gasteiger charge is 2.38. The van der Waals surface area contributed by atoms with Crippen molar-refractivity contribution in [3.8, 4) is 0 Å². The summed E-state index contributed by atoms with van der Waals surface area (Å²) in [5.41, 5.74) is 2.31. The minimum Gasteiger partial charge on any atom is -0.304 e. The van der Waals surface area contributed by atoms with Gasteiger partial charge in [0.1, 0.15) is 0 Å². The van der Waals surface area contributed by atoms with Gasteiger partial charge in [-0.15, -0.1) is 0 Å². The second kappa shape index (κ2) is 6.49. The van der Waals surface area contributed by atoms with Crippen LogP contribution in [0.15, 0.2) is 24.3 Å². The van der Waals surface area contributed by atoms with Crippen LogP contribution in [0.25, 0.3) is 0 Å². The van der Waals surface area contributed by atoms with Gasteiger partial charge in [0.15, 0.2) is 9.84 Å². The van der Waals surface area contributed by atoms with E-state index in [1.807, 2.05) is 6.92 Å². The molecule has 1 aliphatic heterocycles. The van der Waals surface area contributed by atoms with E-state index in [4.69, 9.17) is 0 Å². The van der Waals surface area contributed by atoms with Crippen LogP contribution in [0.5, 0.6) is 0 Å². The molecule has 2 atom stereocenters. The van der Waals surface area contributed by atoms with Crippen molar-refractivity contribution in [2.45, 2.75) is 58.0 Å². The van der Waals surface area contributed by atoms with Gasteiger partial charge in [0.05, 0.1) is 11.5 Å². The number of benzene rings is 1. The van der Waals surface area contributed by atoms with E-state index in [-0.39, 0.29) is 17.3 Å². The van der Waals surface area contributed by atoms with Crippen molar-refractivity contribution in [2.24, 2.45) is 0 Å². The largest absolute Gasteiger partial charge is 0.304 e. The van der Waals surface area contributed by atoms with Crippen LogP contribution in [-0.4, -0.2) is 25.5 Å². The molecule has 2 rings (SSSR count). The van der Waals surface area contributed by atoms with E-state index in [1.54, 1.807) is 0 Å². The summed E-state index contributed by atoms with van der Waals surface area (Å²) >= 11 is 0. The Morgan fingerprint density at radius 3 is 2.48 bits per heavy atom. The Hall–Kier alpha value is -0.870. The first-order chi connectivity index (χ1) is 9.84. The summed E-state index contributed by atoms with van der Waals surface area (Å²) in [4.78, 5) is 0. The fourth-order valence-corrected chi connectivity index (χ4v) is 5.19. The zero-order valence-electron chi connectivity index (χ0n) is 13.4.